The van der Waals surface area contributed by atoms with E-state index in [9.17, 15) is 0 Å². The lowest BCUT2D eigenvalue weighted by Gasteiger charge is -1.96. The molecule has 0 aliphatic rings. The molecular weight excluding hydrogens is 208 g/mol. The number of aromatic nitrogens is 2. The zero-order valence-electron chi connectivity index (χ0n) is 10.0. The van der Waals surface area contributed by atoms with Crippen molar-refractivity contribution in [1.82, 2.24) is 9.38 Å². The number of fused-ring (bicyclic) bond motifs is 1. The second-order valence-corrected chi connectivity index (χ2v) is 4.41. The molecule has 0 aliphatic heterocycles. The quantitative estimate of drug-likeness (QED) is 0.614. The first-order valence-electron chi connectivity index (χ1n) is 5.75. The van der Waals surface area contributed by atoms with E-state index in [2.05, 4.69) is 59.8 Å². The first-order valence-corrected chi connectivity index (χ1v) is 5.75. The molecule has 0 aliphatic carbocycles. The van der Waals surface area contributed by atoms with Gasteiger partial charge in [0.2, 0.25) is 0 Å². The summed E-state index contributed by atoms with van der Waals surface area (Å²) in [7, 11) is 0. The molecule has 0 N–H and O–H groups in total. The lowest BCUT2D eigenvalue weighted by Crippen LogP contribution is -1.83. The van der Waals surface area contributed by atoms with Crippen LogP contribution < -0.4 is 0 Å². The summed E-state index contributed by atoms with van der Waals surface area (Å²) in [5, 5.41) is 0. The molecular formula is C15H14N2. The SMILES string of the molecule is Cc1ccc(-c2cn3cccc(C)c3n2)cc1. The molecule has 0 atom stereocenters. The van der Waals surface area contributed by atoms with Gasteiger partial charge in [-0.2, -0.15) is 0 Å². The monoisotopic (exact) mass is 222 g/mol. The number of nitrogens with zero attached hydrogens (tertiary/aromatic N) is 2. The highest BCUT2D eigenvalue weighted by Crippen LogP contribution is 2.20. The van der Waals surface area contributed by atoms with Crippen LogP contribution in [0.4, 0.5) is 0 Å². The highest BCUT2D eigenvalue weighted by Gasteiger charge is 2.05. The van der Waals surface area contributed by atoms with Crippen molar-refractivity contribution < 1.29 is 0 Å². The molecule has 0 saturated heterocycles. The summed E-state index contributed by atoms with van der Waals surface area (Å²) in [6, 6.07) is 12.6. The Morgan fingerprint density at radius 1 is 1.00 bits per heavy atom. The zero-order valence-corrected chi connectivity index (χ0v) is 10.0. The molecule has 2 heteroatoms. The van der Waals surface area contributed by atoms with Crippen molar-refractivity contribution in [3.63, 3.8) is 0 Å². The predicted molar refractivity (Wildman–Crippen MR) is 70.1 cm³/mol. The van der Waals surface area contributed by atoms with Crippen LogP contribution in [0.5, 0.6) is 0 Å². The van der Waals surface area contributed by atoms with Gasteiger partial charge in [0.25, 0.3) is 0 Å². The summed E-state index contributed by atoms with van der Waals surface area (Å²) >= 11 is 0. The third-order valence-corrected chi connectivity index (χ3v) is 3.03. The van der Waals surface area contributed by atoms with Crippen molar-refractivity contribution in [2.75, 3.05) is 0 Å². The smallest absolute Gasteiger partial charge is 0.140 e. The van der Waals surface area contributed by atoms with Gasteiger partial charge in [0.05, 0.1) is 5.69 Å². The number of rotatable bonds is 1. The van der Waals surface area contributed by atoms with E-state index in [1.807, 2.05) is 12.3 Å². The standard InChI is InChI=1S/C15H14N2/c1-11-5-7-13(8-6-11)14-10-17-9-3-4-12(2)15(17)16-14/h3-10H,1-2H3. The van der Waals surface area contributed by atoms with Crippen LogP contribution in [0.3, 0.4) is 0 Å². The average Bonchev–Trinajstić information content (AvgIpc) is 2.75. The van der Waals surface area contributed by atoms with Crippen LogP contribution in [-0.2, 0) is 0 Å². The van der Waals surface area contributed by atoms with Crippen LogP contribution in [0.25, 0.3) is 16.9 Å². The van der Waals surface area contributed by atoms with Crippen LogP contribution >= 0.6 is 0 Å². The first kappa shape index (κ1) is 10.1. The zero-order chi connectivity index (χ0) is 11.8. The van der Waals surface area contributed by atoms with Gasteiger partial charge in [0.15, 0.2) is 0 Å². The van der Waals surface area contributed by atoms with E-state index in [0.717, 1.165) is 11.3 Å². The lowest BCUT2D eigenvalue weighted by molar-refractivity contribution is 1.16. The molecule has 1 aromatic carbocycles. The maximum atomic E-state index is 4.68. The van der Waals surface area contributed by atoms with Gasteiger partial charge in [-0.3, -0.25) is 0 Å². The Morgan fingerprint density at radius 2 is 1.76 bits per heavy atom. The van der Waals surface area contributed by atoms with Crippen molar-refractivity contribution in [2.45, 2.75) is 13.8 Å². The molecule has 3 rings (SSSR count). The summed E-state index contributed by atoms with van der Waals surface area (Å²) in [6.07, 6.45) is 4.11. The molecule has 2 aromatic heterocycles. The van der Waals surface area contributed by atoms with Crippen LogP contribution in [0, 0.1) is 13.8 Å². The fourth-order valence-corrected chi connectivity index (χ4v) is 2.02. The predicted octanol–water partition coefficient (Wildman–Crippen LogP) is 3.62. The van der Waals surface area contributed by atoms with Gasteiger partial charge in [0, 0.05) is 18.0 Å². The molecule has 2 nitrogen and oxygen atoms in total. The Morgan fingerprint density at radius 3 is 2.47 bits per heavy atom. The van der Waals surface area contributed by atoms with Crippen molar-refractivity contribution in [2.24, 2.45) is 0 Å². The molecule has 84 valence electrons. The van der Waals surface area contributed by atoms with Gasteiger partial charge in [0.1, 0.15) is 5.65 Å². The second kappa shape index (κ2) is 3.74. The largest absolute Gasteiger partial charge is 0.306 e. The number of aryl methyl sites for hydroxylation is 2. The number of imidazole rings is 1. The minimum Gasteiger partial charge on any atom is -0.306 e. The van der Waals surface area contributed by atoms with E-state index in [0.29, 0.717) is 0 Å². The minimum atomic E-state index is 1.03. The van der Waals surface area contributed by atoms with Gasteiger partial charge in [-0.15, -0.1) is 0 Å². The Bertz CT molecular complexity index is 663. The molecule has 0 amide bonds. The molecule has 0 saturated carbocycles. The fourth-order valence-electron chi connectivity index (χ4n) is 2.02. The molecule has 0 unspecified atom stereocenters. The van der Waals surface area contributed by atoms with Gasteiger partial charge in [-0.25, -0.2) is 4.98 Å². The molecule has 3 aromatic rings. The Balaban J connectivity index is 2.18. The van der Waals surface area contributed by atoms with Crippen LogP contribution in [-0.4, -0.2) is 9.38 Å². The van der Waals surface area contributed by atoms with Crippen LogP contribution in [0.15, 0.2) is 48.8 Å². The van der Waals surface area contributed by atoms with E-state index in [1.165, 1.54) is 16.7 Å². The summed E-state index contributed by atoms with van der Waals surface area (Å²) in [4.78, 5) is 4.68. The maximum absolute atomic E-state index is 4.68. The number of pyridine rings is 1. The van der Waals surface area contributed by atoms with Gasteiger partial charge in [-0.1, -0.05) is 35.9 Å². The number of benzene rings is 1. The third-order valence-electron chi connectivity index (χ3n) is 3.03. The van der Waals surface area contributed by atoms with Crippen LogP contribution in [0.1, 0.15) is 11.1 Å². The van der Waals surface area contributed by atoms with Gasteiger partial charge >= 0.3 is 0 Å². The topological polar surface area (TPSA) is 17.3 Å². The lowest BCUT2D eigenvalue weighted by atomic mass is 10.1. The van der Waals surface area contributed by atoms with Gasteiger partial charge < -0.3 is 4.40 Å². The van der Waals surface area contributed by atoms with Crippen molar-refractivity contribution in [3.8, 4) is 11.3 Å². The Labute approximate surface area is 101 Å². The molecule has 0 radical (unpaired) electrons. The van der Waals surface area contributed by atoms with E-state index >= 15 is 0 Å². The summed E-state index contributed by atoms with van der Waals surface area (Å²) in [5.41, 5.74) is 5.70. The van der Waals surface area contributed by atoms with E-state index < -0.39 is 0 Å². The first-order chi connectivity index (χ1) is 8.24. The fraction of sp³-hybridized carbons (Fsp3) is 0.133. The third kappa shape index (κ3) is 1.72. The molecule has 17 heavy (non-hydrogen) atoms. The Kier molecular flexibility index (Phi) is 2.22. The highest BCUT2D eigenvalue weighted by atomic mass is 15.0. The van der Waals surface area contributed by atoms with Crippen molar-refractivity contribution >= 4 is 5.65 Å². The molecule has 0 spiro atoms. The number of hydrogen-bond acceptors (Lipinski definition) is 1. The summed E-state index contributed by atoms with van der Waals surface area (Å²) in [6.45, 7) is 4.18. The van der Waals surface area contributed by atoms with Crippen LogP contribution in [0.2, 0.25) is 0 Å². The maximum Gasteiger partial charge on any atom is 0.140 e. The highest BCUT2D eigenvalue weighted by molar-refractivity contribution is 5.64. The summed E-state index contributed by atoms with van der Waals surface area (Å²) in [5.74, 6) is 0. The van der Waals surface area contributed by atoms with E-state index in [4.69, 9.17) is 0 Å². The van der Waals surface area contributed by atoms with E-state index in [1.54, 1.807) is 0 Å². The molecule has 0 bridgehead atoms. The van der Waals surface area contributed by atoms with Crippen molar-refractivity contribution in [1.29, 1.82) is 0 Å². The number of hydrogen-bond donors (Lipinski definition) is 0. The van der Waals surface area contributed by atoms with Crippen molar-refractivity contribution in [3.05, 3.63) is 59.9 Å². The van der Waals surface area contributed by atoms with E-state index in [-0.39, 0.29) is 0 Å². The molecule has 0 fully saturated rings. The average molecular weight is 222 g/mol. The molecule has 2 heterocycles. The second-order valence-electron chi connectivity index (χ2n) is 4.41. The van der Waals surface area contributed by atoms with Gasteiger partial charge in [-0.05, 0) is 25.5 Å². The summed E-state index contributed by atoms with van der Waals surface area (Å²) < 4.78 is 2.07. The Hall–Kier alpha value is -2.09. The minimum absolute atomic E-state index is 1.03. The normalized spacial score (nSPS) is 10.9.